The van der Waals surface area contributed by atoms with Crippen LogP contribution in [-0.2, 0) is 0 Å². The topological polar surface area (TPSA) is 23.5 Å². The van der Waals surface area contributed by atoms with E-state index in [1.165, 1.54) is 6.07 Å². The number of halogens is 1. The van der Waals surface area contributed by atoms with Gasteiger partial charge in [-0.1, -0.05) is 39.8 Å². The summed E-state index contributed by atoms with van der Waals surface area (Å²) in [5.74, 6) is 0.911. The number of aryl methyl sites for hydroxylation is 1. The summed E-state index contributed by atoms with van der Waals surface area (Å²) in [6, 6.07) is 4.85. The highest BCUT2D eigenvalue weighted by atomic mass is 19.1. The summed E-state index contributed by atoms with van der Waals surface area (Å²) >= 11 is 0. The lowest BCUT2D eigenvalue weighted by atomic mass is 10.0. The fourth-order valence-electron chi connectivity index (χ4n) is 2.48. The first-order valence-electron chi connectivity index (χ1n) is 7.46. The van der Waals surface area contributed by atoms with Gasteiger partial charge in [-0.3, -0.25) is 4.90 Å². The van der Waals surface area contributed by atoms with Crippen LogP contribution < -0.4 is 0 Å². The van der Waals surface area contributed by atoms with Crippen molar-refractivity contribution in [2.45, 2.75) is 40.7 Å². The van der Waals surface area contributed by atoms with Crippen molar-refractivity contribution in [1.82, 2.24) is 4.90 Å². The maximum Gasteiger partial charge on any atom is 0.126 e. The minimum absolute atomic E-state index is 0.220. The molecule has 1 aromatic rings. The van der Waals surface area contributed by atoms with E-state index in [4.69, 9.17) is 0 Å². The van der Waals surface area contributed by atoms with Crippen LogP contribution in [0.3, 0.4) is 0 Å². The molecule has 0 bridgehead atoms. The van der Waals surface area contributed by atoms with Gasteiger partial charge in [0.15, 0.2) is 0 Å². The highest BCUT2D eigenvalue weighted by Gasteiger charge is 2.16. The van der Waals surface area contributed by atoms with E-state index in [1.54, 1.807) is 19.1 Å². The Labute approximate surface area is 122 Å². The number of nitrogens with zero attached hydrogens (tertiary/aromatic N) is 1. The van der Waals surface area contributed by atoms with E-state index in [-0.39, 0.29) is 5.82 Å². The predicted octanol–water partition coefficient (Wildman–Crippen LogP) is 3.78. The normalized spacial score (nSPS) is 13.5. The average Bonchev–Trinajstić information content (AvgIpc) is 2.30. The Balaban J connectivity index is 2.73. The fraction of sp³-hybridized carbons (Fsp3) is 0.647. The Hall–Kier alpha value is -0.930. The van der Waals surface area contributed by atoms with Crippen LogP contribution in [-0.4, -0.2) is 29.6 Å². The van der Waals surface area contributed by atoms with Gasteiger partial charge in [0, 0.05) is 19.6 Å². The molecule has 0 radical (unpaired) electrons. The Kier molecular flexibility index (Phi) is 6.63. The monoisotopic (exact) mass is 281 g/mol. The minimum atomic E-state index is -0.563. The Morgan fingerprint density at radius 2 is 1.60 bits per heavy atom. The lowest BCUT2D eigenvalue weighted by Gasteiger charge is -2.28. The van der Waals surface area contributed by atoms with Gasteiger partial charge < -0.3 is 5.11 Å². The van der Waals surface area contributed by atoms with Crippen LogP contribution in [0, 0.1) is 24.6 Å². The van der Waals surface area contributed by atoms with E-state index in [0.29, 0.717) is 23.9 Å². The van der Waals surface area contributed by atoms with Crippen LogP contribution in [0.25, 0.3) is 0 Å². The second kappa shape index (κ2) is 7.75. The van der Waals surface area contributed by atoms with Crippen molar-refractivity contribution in [3.05, 3.63) is 35.1 Å². The summed E-state index contributed by atoms with van der Waals surface area (Å²) < 4.78 is 13.3. The molecule has 1 atom stereocenters. The van der Waals surface area contributed by atoms with Crippen molar-refractivity contribution < 1.29 is 9.50 Å². The van der Waals surface area contributed by atoms with Crippen molar-refractivity contribution in [1.29, 1.82) is 0 Å². The highest BCUT2D eigenvalue weighted by molar-refractivity contribution is 5.25. The molecule has 1 N–H and O–H groups in total. The first-order chi connectivity index (χ1) is 9.29. The predicted molar refractivity (Wildman–Crippen MR) is 82.2 cm³/mol. The SMILES string of the molecule is Cc1cc(C(O)CN(CC(C)C)CC(C)C)ccc1F. The van der Waals surface area contributed by atoms with Gasteiger partial charge >= 0.3 is 0 Å². The quantitative estimate of drug-likeness (QED) is 0.822. The number of hydrogen-bond acceptors (Lipinski definition) is 2. The average molecular weight is 281 g/mol. The molecule has 0 aliphatic carbocycles. The Morgan fingerprint density at radius 3 is 2.05 bits per heavy atom. The third-order valence-electron chi connectivity index (χ3n) is 3.24. The molecule has 0 amide bonds. The third kappa shape index (κ3) is 5.59. The van der Waals surface area contributed by atoms with Gasteiger partial charge in [0.05, 0.1) is 6.10 Å². The standard InChI is InChI=1S/C17H28FNO/c1-12(2)9-19(10-13(3)4)11-17(20)15-6-7-16(18)14(5)8-15/h6-8,12-13,17,20H,9-11H2,1-5H3. The minimum Gasteiger partial charge on any atom is -0.387 e. The molecule has 0 heterocycles. The van der Waals surface area contributed by atoms with Crippen LogP contribution in [0.4, 0.5) is 4.39 Å². The van der Waals surface area contributed by atoms with E-state index in [2.05, 4.69) is 32.6 Å². The maximum atomic E-state index is 13.3. The molecule has 1 unspecified atom stereocenters. The van der Waals surface area contributed by atoms with Gasteiger partial charge in [-0.15, -0.1) is 0 Å². The lowest BCUT2D eigenvalue weighted by molar-refractivity contribution is 0.0986. The van der Waals surface area contributed by atoms with Gasteiger partial charge in [0.1, 0.15) is 5.82 Å². The molecule has 0 saturated carbocycles. The van der Waals surface area contributed by atoms with Crippen molar-refractivity contribution in [2.75, 3.05) is 19.6 Å². The molecule has 20 heavy (non-hydrogen) atoms. The fourth-order valence-corrected chi connectivity index (χ4v) is 2.48. The molecule has 0 fully saturated rings. The molecule has 114 valence electrons. The van der Waals surface area contributed by atoms with Crippen LogP contribution in [0.5, 0.6) is 0 Å². The zero-order chi connectivity index (χ0) is 15.3. The molecule has 1 rings (SSSR count). The van der Waals surface area contributed by atoms with Gasteiger partial charge in [-0.05, 0) is 36.0 Å². The molecular formula is C17H28FNO. The molecule has 2 nitrogen and oxygen atoms in total. The Bertz CT molecular complexity index is 407. The van der Waals surface area contributed by atoms with Crippen molar-refractivity contribution in [2.24, 2.45) is 11.8 Å². The first kappa shape index (κ1) is 17.1. The molecule has 0 aliphatic rings. The third-order valence-corrected chi connectivity index (χ3v) is 3.24. The largest absolute Gasteiger partial charge is 0.387 e. The zero-order valence-corrected chi connectivity index (χ0v) is 13.4. The van der Waals surface area contributed by atoms with E-state index < -0.39 is 6.10 Å². The molecule has 0 aromatic heterocycles. The van der Waals surface area contributed by atoms with Crippen LogP contribution in [0.2, 0.25) is 0 Å². The highest BCUT2D eigenvalue weighted by Crippen LogP contribution is 2.19. The number of aliphatic hydroxyl groups is 1. The number of aliphatic hydroxyl groups excluding tert-OH is 1. The van der Waals surface area contributed by atoms with Crippen LogP contribution in [0.15, 0.2) is 18.2 Å². The van der Waals surface area contributed by atoms with E-state index in [1.807, 2.05) is 0 Å². The van der Waals surface area contributed by atoms with Crippen molar-refractivity contribution in [3.8, 4) is 0 Å². The summed E-state index contributed by atoms with van der Waals surface area (Å²) in [5, 5.41) is 10.4. The molecule has 0 aliphatic heterocycles. The number of benzene rings is 1. The molecular weight excluding hydrogens is 253 g/mol. The van der Waals surface area contributed by atoms with Gasteiger partial charge in [-0.25, -0.2) is 4.39 Å². The molecule has 3 heteroatoms. The lowest BCUT2D eigenvalue weighted by Crippen LogP contribution is -2.35. The van der Waals surface area contributed by atoms with Crippen molar-refractivity contribution >= 4 is 0 Å². The Morgan fingerprint density at radius 1 is 1.05 bits per heavy atom. The maximum absolute atomic E-state index is 13.3. The van der Waals surface area contributed by atoms with E-state index in [0.717, 1.165) is 18.7 Å². The second-order valence-electron chi connectivity index (χ2n) is 6.53. The number of rotatable bonds is 7. The van der Waals surface area contributed by atoms with Gasteiger partial charge in [0.2, 0.25) is 0 Å². The zero-order valence-electron chi connectivity index (χ0n) is 13.4. The van der Waals surface area contributed by atoms with Crippen LogP contribution >= 0.6 is 0 Å². The van der Waals surface area contributed by atoms with E-state index in [9.17, 15) is 9.50 Å². The van der Waals surface area contributed by atoms with Gasteiger partial charge in [0.25, 0.3) is 0 Å². The first-order valence-corrected chi connectivity index (χ1v) is 7.46. The molecule has 0 spiro atoms. The second-order valence-corrected chi connectivity index (χ2v) is 6.53. The summed E-state index contributed by atoms with van der Waals surface area (Å²) in [6.07, 6.45) is -0.563. The van der Waals surface area contributed by atoms with Crippen molar-refractivity contribution in [3.63, 3.8) is 0 Å². The summed E-state index contributed by atoms with van der Waals surface area (Å²) in [7, 11) is 0. The number of hydrogen-bond donors (Lipinski definition) is 1. The van der Waals surface area contributed by atoms with Gasteiger partial charge in [-0.2, -0.15) is 0 Å². The van der Waals surface area contributed by atoms with Crippen LogP contribution in [0.1, 0.15) is 44.9 Å². The summed E-state index contributed by atoms with van der Waals surface area (Å²) in [5.41, 5.74) is 1.38. The molecule has 0 saturated heterocycles. The molecule has 1 aromatic carbocycles. The summed E-state index contributed by atoms with van der Waals surface area (Å²) in [4.78, 5) is 2.29. The summed E-state index contributed by atoms with van der Waals surface area (Å²) in [6.45, 7) is 13.0. The smallest absolute Gasteiger partial charge is 0.126 e. The van der Waals surface area contributed by atoms with E-state index >= 15 is 0 Å².